The number of nitrogens with two attached hydrogens (primary N) is 1. The molecule has 0 aromatic heterocycles. The molecule has 1 heteroatoms. The minimum atomic E-state index is 0.666. The first-order valence-electron chi connectivity index (χ1n) is 9.09. The van der Waals surface area contributed by atoms with E-state index in [1.165, 1.54) is 76.2 Å². The molecule has 2 N–H and O–H groups in total. The number of unbranched alkanes of at least 4 members (excludes halogenated alkanes) is 9. The summed E-state index contributed by atoms with van der Waals surface area (Å²) in [7, 11) is 0. The molecule has 21 heavy (non-hydrogen) atoms. The summed E-state index contributed by atoms with van der Waals surface area (Å²) in [5, 5.41) is 0. The molecule has 1 unspecified atom stereocenters. The van der Waals surface area contributed by atoms with Gasteiger partial charge >= 0.3 is 0 Å². The zero-order valence-corrected chi connectivity index (χ0v) is 14.2. The van der Waals surface area contributed by atoms with Crippen LogP contribution in [0.4, 0.5) is 5.69 Å². The van der Waals surface area contributed by atoms with Gasteiger partial charge in [0.1, 0.15) is 0 Å². The Kier molecular flexibility index (Phi) is 10.0. The molecular weight excluding hydrogens is 254 g/mol. The lowest BCUT2D eigenvalue weighted by Gasteiger charge is -2.12. The quantitative estimate of drug-likeness (QED) is 0.337. The second kappa shape index (κ2) is 11.7. The summed E-state index contributed by atoms with van der Waals surface area (Å²) in [6.07, 6.45) is 15.5. The van der Waals surface area contributed by atoms with Gasteiger partial charge in [0.05, 0.1) is 0 Å². The van der Waals surface area contributed by atoms with Gasteiger partial charge < -0.3 is 5.73 Å². The standard InChI is InChI=1S/C20H35N/c1-3-4-5-6-7-8-9-10-11-12-13-18(2)19-14-16-20(21)17-15-19/h14-18H,3-13,21H2,1-2H3. The molecule has 0 heterocycles. The van der Waals surface area contributed by atoms with E-state index in [4.69, 9.17) is 5.73 Å². The average molecular weight is 290 g/mol. The number of nitrogen functional groups attached to an aromatic ring is 1. The molecule has 0 saturated carbocycles. The van der Waals surface area contributed by atoms with Gasteiger partial charge in [0.2, 0.25) is 0 Å². The Bertz CT molecular complexity index is 341. The van der Waals surface area contributed by atoms with Crippen molar-refractivity contribution in [3.8, 4) is 0 Å². The number of anilines is 1. The van der Waals surface area contributed by atoms with E-state index in [0.717, 1.165) is 5.69 Å². The molecule has 0 amide bonds. The highest BCUT2D eigenvalue weighted by molar-refractivity contribution is 5.40. The Balaban J connectivity index is 1.95. The predicted octanol–water partition coefficient (Wildman–Crippen LogP) is 6.68. The summed E-state index contributed by atoms with van der Waals surface area (Å²) in [5.41, 5.74) is 8.03. The normalized spacial score (nSPS) is 12.5. The lowest BCUT2D eigenvalue weighted by atomic mass is 9.94. The highest BCUT2D eigenvalue weighted by Gasteiger charge is 2.04. The van der Waals surface area contributed by atoms with E-state index in [1.807, 2.05) is 12.1 Å². The van der Waals surface area contributed by atoms with Crippen LogP contribution in [0.1, 0.15) is 96.0 Å². The summed E-state index contributed by atoms with van der Waals surface area (Å²) in [5.74, 6) is 0.666. The molecule has 0 spiro atoms. The van der Waals surface area contributed by atoms with Crippen molar-refractivity contribution in [1.29, 1.82) is 0 Å². The van der Waals surface area contributed by atoms with Crippen LogP contribution in [-0.2, 0) is 0 Å². The van der Waals surface area contributed by atoms with E-state index < -0.39 is 0 Å². The third kappa shape index (κ3) is 8.80. The molecule has 0 aliphatic heterocycles. The van der Waals surface area contributed by atoms with Gasteiger partial charge in [0, 0.05) is 5.69 Å². The van der Waals surface area contributed by atoms with Crippen molar-refractivity contribution in [3.05, 3.63) is 29.8 Å². The smallest absolute Gasteiger partial charge is 0.0314 e. The van der Waals surface area contributed by atoms with Crippen LogP contribution in [0.5, 0.6) is 0 Å². The molecule has 1 aromatic rings. The summed E-state index contributed by atoms with van der Waals surface area (Å²) < 4.78 is 0. The first-order chi connectivity index (χ1) is 10.2. The van der Waals surface area contributed by atoms with Crippen LogP contribution in [0.25, 0.3) is 0 Å². The van der Waals surface area contributed by atoms with Gasteiger partial charge in [-0.1, -0.05) is 90.2 Å². The molecule has 1 atom stereocenters. The average Bonchev–Trinajstić information content (AvgIpc) is 2.49. The maximum Gasteiger partial charge on any atom is 0.0314 e. The fourth-order valence-electron chi connectivity index (χ4n) is 2.93. The van der Waals surface area contributed by atoms with Gasteiger partial charge in [0.15, 0.2) is 0 Å². The second-order valence-electron chi connectivity index (χ2n) is 6.54. The summed E-state index contributed by atoms with van der Waals surface area (Å²) >= 11 is 0. The highest BCUT2D eigenvalue weighted by Crippen LogP contribution is 2.23. The molecule has 0 saturated heterocycles. The van der Waals surface area contributed by atoms with Crippen LogP contribution < -0.4 is 5.73 Å². The fourth-order valence-corrected chi connectivity index (χ4v) is 2.93. The molecule has 0 aliphatic carbocycles. The van der Waals surface area contributed by atoms with Gasteiger partial charge in [-0.3, -0.25) is 0 Å². The number of hydrogen-bond acceptors (Lipinski definition) is 1. The summed E-state index contributed by atoms with van der Waals surface area (Å²) in [4.78, 5) is 0. The van der Waals surface area contributed by atoms with Gasteiger partial charge in [-0.2, -0.15) is 0 Å². The first-order valence-corrected chi connectivity index (χ1v) is 9.09. The van der Waals surface area contributed by atoms with Crippen LogP contribution in [-0.4, -0.2) is 0 Å². The van der Waals surface area contributed by atoms with Crippen LogP contribution in [0.3, 0.4) is 0 Å². The zero-order valence-electron chi connectivity index (χ0n) is 14.2. The lowest BCUT2D eigenvalue weighted by Crippen LogP contribution is -1.94. The summed E-state index contributed by atoms with van der Waals surface area (Å²) in [6.45, 7) is 4.62. The molecule has 1 nitrogen and oxygen atoms in total. The van der Waals surface area contributed by atoms with Gasteiger partial charge in [-0.15, -0.1) is 0 Å². The SMILES string of the molecule is CCCCCCCCCCCCC(C)c1ccc(N)cc1. The summed E-state index contributed by atoms with van der Waals surface area (Å²) in [6, 6.07) is 8.39. The van der Waals surface area contributed by atoms with Crippen LogP contribution >= 0.6 is 0 Å². The zero-order chi connectivity index (χ0) is 15.3. The minimum absolute atomic E-state index is 0.666. The largest absolute Gasteiger partial charge is 0.399 e. The molecule has 120 valence electrons. The molecule has 0 radical (unpaired) electrons. The Morgan fingerprint density at radius 3 is 1.76 bits per heavy atom. The predicted molar refractivity (Wildman–Crippen MR) is 95.7 cm³/mol. The Labute approximate surface area is 132 Å². The van der Waals surface area contributed by atoms with Gasteiger partial charge in [0.25, 0.3) is 0 Å². The maximum absolute atomic E-state index is 5.73. The number of rotatable bonds is 12. The third-order valence-corrected chi connectivity index (χ3v) is 4.50. The van der Waals surface area contributed by atoms with Crippen molar-refractivity contribution in [3.63, 3.8) is 0 Å². The van der Waals surface area contributed by atoms with E-state index >= 15 is 0 Å². The fraction of sp³-hybridized carbons (Fsp3) is 0.700. The molecule has 0 fully saturated rings. The third-order valence-electron chi connectivity index (χ3n) is 4.50. The molecule has 1 rings (SSSR count). The van der Waals surface area contributed by atoms with E-state index in [2.05, 4.69) is 26.0 Å². The van der Waals surface area contributed by atoms with E-state index in [9.17, 15) is 0 Å². The van der Waals surface area contributed by atoms with Crippen molar-refractivity contribution in [2.45, 2.75) is 90.4 Å². The topological polar surface area (TPSA) is 26.0 Å². The number of hydrogen-bond donors (Lipinski definition) is 1. The first kappa shape index (κ1) is 18.1. The second-order valence-corrected chi connectivity index (χ2v) is 6.54. The van der Waals surface area contributed by atoms with Crippen LogP contribution in [0, 0.1) is 0 Å². The van der Waals surface area contributed by atoms with Crippen molar-refractivity contribution in [2.75, 3.05) is 5.73 Å². The Hall–Kier alpha value is -0.980. The van der Waals surface area contributed by atoms with Crippen molar-refractivity contribution in [1.82, 2.24) is 0 Å². The van der Waals surface area contributed by atoms with E-state index in [-0.39, 0.29) is 0 Å². The molecule has 1 aromatic carbocycles. The monoisotopic (exact) mass is 289 g/mol. The molecule has 0 bridgehead atoms. The van der Waals surface area contributed by atoms with Crippen LogP contribution in [0.15, 0.2) is 24.3 Å². The minimum Gasteiger partial charge on any atom is -0.399 e. The number of benzene rings is 1. The lowest BCUT2D eigenvalue weighted by molar-refractivity contribution is 0.535. The van der Waals surface area contributed by atoms with Gasteiger partial charge in [-0.25, -0.2) is 0 Å². The Morgan fingerprint density at radius 2 is 1.24 bits per heavy atom. The van der Waals surface area contributed by atoms with Crippen molar-refractivity contribution >= 4 is 5.69 Å². The van der Waals surface area contributed by atoms with Crippen molar-refractivity contribution in [2.24, 2.45) is 0 Å². The van der Waals surface area contributed by atoms with E-state index in [0.29, 0.717) is 5.92 Å². The Morgan fingerprint density at radius 1 is 0.762 bits per heavy atom. The van der Waals surface area contributed by atoms with E-state index in [1.54, 1.807) is 0 Å². The van der Waals surface area contributed by atoms with Gasteiger partial charge in [-0.05, 0) is 30.0 Å². The maximum atomic E-state index is 5.73. The van der Waals surface area contributed by atoms with Crippen LogP contribution in [0.2, 0.25) is 0 Å². The molecule has 0 aliphatic rings. The van der Waals surface area contributed by atoms with Crippen molar-refractivity contribution < 1.29 is 0 Å². The highest BCUT2D eigenvalue weighted by atomic mass is 14.5. The molecular formula is C20H35N.